The molecule has 4 heteroatoms. The van der Waals surface area contributed by atoms with Crippen molar-refractivity contribution in [2.75, 3.05) is 24.3 Å². The lowest BCUT2D eigenvalue weighted by Crippen LogP contribution is -2.21. The monoisotopic (exact) mass is 250 g/mol. The van der Waals surface area contributed by atoms with E-state index >= 15 is 0 Å². The van der Waals surface area contributed by atoms with E-state index in [9.17, 15) is 0 Å². The number of nitrogens with zero attached hydrogens (tertiary/aromatic N) is 3. The zero-order valence-corrected chi connectivity index (χ0v) is 12.1. The smallest absolute Gasteiger partial charge is 0.226 e. The number of rotatable bonds is 8. The molecular formula is C14H26N4. The lowest BCUT2D eigenvalue weighted by atomic mass is 10.1. The Hall–Kier alpha value is -1.32. The summed E-state index contributed by atoms with van der Waals surface area (Å²) < 4.78 is 0. The van der Waals surface area contributed by atoms with Gasteiger partial charge in [0, 0.05) is 26.3 Å². The van der Waals surface area contributed by atoms with Gasteiger partial charge in [-0.2, -0.15) is 4.98 Å². The maximum Gasteiger partial charge on any atom is 0.226 e. The Kier molecular flexibility index (Phi) is 6.47. The zero-order chi connectivity index (χ0) is 13.4. The summed E-state index contributed by atoms with van der Waals surface area (Å²) in [5.41, 5.74) is 0. The molecule has 1 N–H and O–H groups in total. The van der Waals surface area contributed by atoms with Crippen LogP contribution in [0.5, 0.6) is 0 Å². The highest BCUT2D eigenvalue weighted by Crippen LogP contribution is 2.14. The first-order chi connectivity index (χ1) is 8.67. The summed E-state index contributed by atoms with van der Waals surface area (Å²) in [6, 6.07) is 2.47. The molecule has 4 nitrogen and oxygen atoms in total. The van der Waals surface area contributed by atoms with Crippen LogP contribution in [0.1, 0.15) is 46.0 Å². The summed E-state index contributed by atoms with van der Waals surface area (Å²) in [5, 5.41) is 3.53. The molecule has 0 radical (unpaired) electrons. The van der Waals surface area contributed by atoms with Gasteiger partial charge in [0.15, 0.2) is 0 Å². The molecule has 0 aliphatic carbocycles. The Labute approximate surface area is 111 Å². The van der Waals surface area contributed by atoms with Gasteiger partial charge in [-0.3, -0.25) is 0 Å². The highest BCUT2D eigenvalue weighted by molar-refractivity contribution is 5.40. The summed E-state index contributed by atoms with van der Waals surface area (Å²) in [5.74, 6) is 1.69. The second-order valence-corrected chi connectivity index (χ2v) is 4.91. The lowest BCUT2D eigenvalue weighted by Gasteiger charge is -2.19. The van der Waals surface area contributed by atoms with E-state index in [1.165, 1.54) is 32.1 Å². The van der Waals surface area contributed by atoms with Crippen LogP contribution in [0.2, 0.25) is 0 Å². The minimum atomic E-state index is 0.528. The van der Waals surface area contributed by atoms with Gasteiger partial charge in [0.05, 0.1) is 0 Å². The zero-order valence-electron chi connectivity index (χ0n) is 12.1. The predicted molar refractivity (Wildman–Crippen MR) is 78.2 cm³/mol. The molecule has 0 aliphatic rings. The molecule has 1 unspecified atom stereocenters. The van der Waals surface area contributed by atoms with Crippen LogP contribution < -0.4 is 10.2 Å². The standard InChI is InChI=1S/C14H26N4/c1-5-7-9-12(8-6-2)16-13-10-11-15-14(17-13)18(3)4/h10-12H,5-9H2,1-4H3,(H,15,16,17). The normalized spacial score (nSPS) is 12.2. The van der Waals surface area contributed by atoms with Gasteiger partial charge in [0.1, 0.15) is 5.82 Å². The molecule has 0 amide bonds. The molecule has 0 aromatic carbocycles. The van der Waals surface area contributed by atoms with Gasteiger partial charge >= 0.3 is 0 Å². The van der Waals surface area contributed by atoms with E-state index in [0.717, 1.165) is 11.8 Å². The van der Waals surface area contributed by atoms with Gasteiger partial charge in [-0.15, -0.1) is 0 Å². The molecule has 0 saturated carbocycles. The number of aromatic nitrogens is 2. The van der Waals surface area contributed by atoms with Crippen molar-refractivity contribution in [1.82, 2.24) is 9.97 Å². The molecule has 18 heavy (non-hydrogen) atoms. The molecule has 0 aliphatic heterocycles. The van der Waals surface area contributed by atoms with Crippen LogP contribution in [0.25, 0.3) is 0 Å². The maximum absolute atomic E-state index is 4.51. The van der Waals surface area contributed by atoms with Crippen molar-refractivity contribution in [1.29, 1.82) is 0 Å². The van der Waals surface area contributed by atoms with Crippen molar-refractivity contribution in [3.63, 3.8) is 0 Å². The summed E-state index contributed by atoms with van der Waals surface area (Å²) >= 11 is 0. The molecule has 0 bridgehead atoms. The summed E-state index contributed by atoms with van der Waals surface area (Å²) in [4.78, 5) is 10.7. The Morgan fingerprint density at radius 2 is 2.00 bits per heavy atom. The van der Waals surface area contributed by atoms with E-state index in [2.05, 4.69) is 29.1 Å². The van der Waals surface area contributed by atoms with Gasteiger partial charge in [-0.25, -0.2) is 4.98 Å². The van der Waals surface area contributed by atoms with Crippen LogP contribution >= 0.6 is 0 Å². The van der Waals surface area contributed by atoms with Crippen LogP contribution in [0.4, 0.5) is 11.8 Å². The quantitative estimate of drug-likeness (QED) is 0.768. The fourth-order valence-electron chi connectivity index (χ4n) is 1.94. The highest BCUT2D eigenvalue weighted by Gasteiger charge is 2.08. The van der Waals surface area contributed by atoms with E-state index in [0.29, 0.717) is 6.04 Å². The maximum atomic E-state index is 4.51. The van der Waals surface area contributed by atoms with Crippen LogP contribution in [0.3, 0.4) is 0 Å². The summed E-state index contributed by atoms with van der Waals surface area (Å²) in [6.45, 7) is 4.46. The van der Waals surface area contributed by atoms with Crippen LogP contribution in [0.15, 0.2) is 12.3 Å². The SMILES string of the molecule is CCCCC(CCC)Nc1ccnc(N(C)C)n1. The first-order valence-corrected chi connectivity index (χ1v) is 6.94. The van der Waals surface area contributed by atoms with Crippen molar-refractivity contribution in [3.05, 3.63) is 12.3 Å². The van der Waals surface area contributed by atoms with Crippen molar-refractivity contribution in [2.24, 2.45) is 0 Å². The average Bonchev–Trinajstić information content (AvgIpc) is 2.36. The van der Waals surface area contributed by atoms with Crippen molar-refractivity contribution in [2.45, 2.75) is 52.0 Å². The van der Waals surface area contributed by atoms with E-state index < -0.39 is 0 Å². The van der Waals surface area contributed by atoms with E-state index in [4.69, 9.17) is 0 Å². The minimum Gasteiger partial charge on any atom is -0.367 e. The van der Waals surface area contributed by atoms with Gasteiger partial charge in [-0.05, 0) is 18.9 Å². The first kappa shape index (κ1) is 14.7. The number of anilines is 2. The highest BCUT2D eigenvalue weighted by atomic mass is 15.2. The molecule has 0 fully saturated rings. The third kappa shape index (κ3) is 4.90. The molecule has 1 rings (SSSR count). The average molecular weight is 250 g/mol. The molecule has 0 saturated heterocycles. The van der Waals surface area contributed by atoms with Crippen LogP contribution in [-0.2, 0) is 0 Å². The number of unbranched alkanes of at least 4 members (excludes halogenated alkanes) is 1. The molecule has 1 aromatic heterocycles. The Bertz CT molecular complexity index is 338. The number of hydrogen-bond acceptors (Lipinski definition) is 4. The summed E-state index contributed by atoms with van der Waals surface area (Å²) in [6.07, 6.45) is 7.94. The van der Waals surface area contributed by atoms with Crippen molar-refractivity contribution in [3.8, 4) is 0 Å². The first-order valence-electron chi connectivity index (χ1n) is 6.94. The fraction of sp³-hybridized carbons (Fsp3) is 0.714. The molecule has 1 heterocycles. The van der Waals surface area contributed by atoms with Crippen LogP contribution in [0, 0.1) is 0 Å². The number of nitrogens with one attached hydrogen (secondary N) is 1. The number of hydrogen-bond donors (Lipinski definition) is 1. The Morgan fingerprint density at radius 3 is 2.61 bits per heavy atom. The second-order valence-electron chi connectivity index (χ2n) is 4.91. The van der Waals surface area contributed by atoms with E-state index in [1.54, 1.807) is 0 Å². The van der Waals surface area contributed by atoms with Gasteiger partial charge < -0.3 is 10.2 Å². The van der Waals surface area contributed by atoms with E-state index in [1.807, 2.05) is 31.3 Å². The van der Waals surface area contributed by atoms with Crippen molar-refractivity contribution >= 4 is 11.8 Å². The molecule has 0 spiro atoms. The van der Waals surface area contributed by atoms with Gasteiger partial charge in [0.25, 0.3) is 0 Å². The lowest BCUT2D eigenvalue weighted by molar-refractivity contribution is 0.563. The second kappa shape index (κ2) is 7.90. The Balaban J connectivity index is 2.64. The predicted octanol–water partition coefficient (Wildman–Crippen LogP) is 3.31. The largest absolute Gasteiger partial charge is 0.367 e. The minimum absolute atomic E-state index is 0.528. The fourth-order valence-corrected chi connectivity index (χ4v) is 1.94. The molecule has 1 aromatic rings. The summed E-state index contributed by atoms with van der Waals surface area (Å²) in [7, 11) is 3.92. The topological polar surface area (TPSA) is 41.1 Å². The Morgan fingerprint density at radius 1 is 1.22 bits per heavy atom. The molecule has 102 valence electrons. The van der Waals surface area contributed by atoms with Crippen molar-refractivity contribution < 1.29 is 0 Å². The van der Waals surface area contributed by atoms with Gasteiger partial charge in [0.2, 0.25) is 5.95 Å². The third-order valence-electron chi connectivity index (χ3n) is 2.94. The third-order valence-corrected chi connectivity index (χ3v) is 2.94. The van der Waals surface area contributed by atoms with Crippen LogP contribution in [-0.4, -0.2) is 30.1 Å². The molecular weight excluding hydrogens is 224 g/mol. The van der Waals surface area contributed by atoms with E-state index in [-0.39, 0.29) is 0 Å². The molecule has 1 atom stereocenters. The van der Waals surface area contributed by atoms with Gasteiger partial charge in [-0.1, -0.05) is 33.1 Å².